The van der Waals surface area contributed by atoms with Gasteiger partial charge in [0.15, 0.2) is 0 Å². The predicted molar refractivity (Wildman–Crippen MR) is 85.5 cm³/mol. The lowest BCUT2D eigenvalue weighted by atomic mass is 9.99. The molecule has 20 heavy (non-hydrogen) atoms. The van der Waals surface area contributed by atoms with Crippen LogP contribution in [0, 0.1) is 19.8 Å². The number of carbonyl (C=O) groups is 1. The van der Waals surface area contributed by atoms with Crippen LogP contribution < -0.4 is 10.6 Å². The van der Waals surface area contributed by atoms with E-state index in [1.807, 2.05) is 0 Å². The zero-order chi connectivity index (χ0) is 13.7. The average molecular weight is 297 g/mol. The van der Waals surface area contributed by atoms with Gasteiger partial charge in [-0.1, -0.05) is 23.8 Å². The molecule has 1 fully saturated rings. The Balaban J connectivity index is 0.00000200. The van der Waals surface area contributed by atoms with Gasteiger partial charge < -0.3 is 10.6 Å². The van der Waals surface area contributed by atoms with E-state index in [-0.39, 0.29) is 18.3 Å². The molecule has 1 heterocycles. The number of halogens is 1. The first kappa shape index (κ1) is 17.0. The number of carbonyl (C=O) groups excluding carboxylic acids is 1. The fourth-order valence-corrected chi connectivity index (χ4v) is 2.58. The Morgan fingerprint density at radius 2 is 2.20 bits per heavy atom. The van der Waals surface area contributed by atoms with Crippen LogP contribution in [0.15, 0.2) is 18.2 Å². The summed E-state index contributed by atoms with van der Waals surface area (Å²) in [5.41, 5.74) is 3.55. The molecule has 1 aromatic rings. The van der Waals surface area contributed by atoms with Crippen LogP contribution in [0.25, 0.3) is 0 Å². The molecule has 0 bridgehead atoms. The van der Waals surface area contributed by atoms with E-state index in [1.54, 1.807) is 0 Å². The van der Waals surface area contributed by atoms with Gasteiger partial charge in [-0.2, -0.15) is 0 Å². The van der Waals surface area contributed by atoms with Crippen LogP contribution in [-0.4, -0.2) is 25.5 Å². The molecule has 1 saturated heterocycles. The summed E-state index contributed by atoms with van der Waals surface area (Å²) in [6.45, 7) is 7.08. The van der Waals surface area contributed by atoms with Crippen LogP contribution in [0.5, 0.6) is 0 Å². The minimum Gasteiger partial charge on any atom is -0.355 e. The Bertz CT molecular complexity index is 442. The molecule has 4 heteroatoms. The van der Waals surface area contributed by atoms with Crippen LogP contribution >= 0.6 is 12.4 Å². The summed E-state index contributed by atoms with van der Waals surface area (Å²) in [4.78, 5) is 12.0. The van der Waals surface area contributed by atoms with Crippen molar-refractivity contribution in [2.24, 2.45) is 5.92 Å². The van der Waals surface area contributed by atoms with Gasteiger partial charge in [-0.25, -0.2) is 0 Å². The summed E-state index contributed by atoms with van der Waals surface area (Å²) in [5, 5.41) is 6.44. The van der Waals surface area contributed by atoms with Crippen molar-refractivity contribution in [2.45, 2.75) is 33.1 Å². The van der Waals surface area contributed by atoms with Gasteiger partial charge in [-0.15, -0.1) is 12.4 Å². The second-order valence-corrected chi connectivity index (χ2v) is 5.62. The first-order chi connectivity index (χ1) is 9.15. The molecule has 0 radical (unpaired) electrons. The standard InChI is InChI=1S/C16H24N2O.ClH/c1-12-5-6-13(2)15(8-12)9-16(19)18-11-14-4-3-7-17-10-14;/h5-6,8,14,17H,3-4,7,9-11H2,1-2H3,(H,18,19);1H. The van der Waals surface area contributed by atoms with E-state index in [2.05, 4.69) is 42.7 Å². The highest BCUT2D eigenvalue weighted by Crippen LogP contribution is 2.12. The second kappa shape index (κ2) is 8.28. The summed E-state index contributed by atoms with van der Waals surface area (Å²) < 4.78 is 0. The number of aryl methyl sites for hydroxylation is 2. The smallest absolute Gasteiger partial charge is 0.224 e. The second-order valence-electron chi connectivity index (χ2n) is 5.62. The molecule has 0 aromatic heterocycles. The van der Waals surface area contributed by atoms with Crippen LogP contribution in [-0.2, 0) is 11.2 Å². The zero-order valence-electron chi connectivity index (χ0n) is 12.4. The minimum absolute atomic E-state index is 0. The maximum absolute atomic E-state index is 12.0. The SMILES string of the molecule is Cc1ccc(C)c(CC(=O)NCC2CCCNC2)c1.Cl. The quantitative estimate of drug-likeness (QED) is 0.896. The van der Waals surface area contributed by atoms with Crippen LogP contribution in [0.4, 0.5) is 0 Å². The first-order valence-electron chi connectivity index (χ1n) is 7.18. The summed E-state index contributed by atoms with van der Waals surface area (Å²) >= 11 is 0. The fourth-order valence-electron chi connectivity index (χ4n) is 2.58. The van der Waals surface area contributed by atoms with E-state index in [0.717, 1.165) is 25.2 Å². The van der Waals surface area contributed by atoms with Crippen molar-refractivity contribution in [3.05, 3.63) is 34.9 Å². The monoisotopic (exact) mass is 296 g/mol. The highest BCUT2D eigenvalue weighted by molar-refractivity contribution is 5.85. The predicted octanol–water partition coefficient (Wildman–Crippen LogP) is 2.38. The number of piperidine rings is 1. The van der Waals surface area contributed by atoms with Crippen molar-refractivity contribution in [1.29, 1.82) is 0 Å². The Morgan fingerprint density at radius 3 is 2.90 bits per heavy atom. The molecule has 112 valence electrons. The number of rotatable bonds is 4. The number of nitrogens with one attached hydrogen (secondary N) is 2. The summed E-state index contributed by atoms with van der Waals surface area (Å²) in [7, 11) is 0. The van der Waals surface area contributed by atoms with Crippen molar-refractivity contribution in [3.63, 3.8) is 0 Å². The van der Waals surface area contributed by atoms with Crippen LogP contribution in [0.1, 0.15) is 29.5 Å². The average Bonchev–Trinajstić information content (AvgIpc) is 2.42. The molecule has 1 amide bonds. The molecule has 0 aliphatic carbocycles. The molecular formula is C16H25ClN2O. The van der Waals surface area contributed by atoms with Gasteiger partial charge >= 0.3 is 0 Å². The molecule has 1 atom stereocenters. The highest BCUT2D eigenvalue weighted by atomic mass is 35.5. The largest absolute Gasteiger partial charge is 0.355 e. The van der Waals surface area contributed by atoms with Gasteiger partial charge in [0.2, 0.25) is 5.91 Å². The van der Waals surface area contributed by atoms with Gasteiger partial charge in [-0.3, -0.25) is 4.79 Å². The van der Waals surface area contributed by atoms with E-state index >= 15 is 0 Å². The fraction of sp³-hybridized carbons (Fsp3) is 0.562. The maximum Gasteiger partial charge on any atom is 0.224 e. The lowest BCUT2D eigenvalue weighted by Crippen LogP contribution is -2.38. The zero-order valence-corrected chi connectivity index (χ0v) is 13.2. The minimum atomic E-state index is 0. The molecule has 2 N–H and O–H groups in total. The Hall–Kier alpha value is -1.06. The summed E-state index contributed by atoms with van der Waals surface area (Å²) in [6.07, 6.45) is 2.93. The summed E-state index contributed by atoms with van der Waals surface area (Å²) in [6, 6.07) is 6.28. The van der Waals surface area contributed by atoms with E-state index < -0.39 is 0 Å². The molecule has 1 aromatic carbocycles. The van der Waals surface area contributed by atoms with Gasteiger partial charge in [0.25, 0.3) is 0 Å². The van der Waals surface area contributed by atoms with Crippen molar-refractivity contribution in [2.75, 3.05) is 19.6 Å². The molecule has 3 nitrogen and oxygen atoms in total. The Kier molecular flexibility index (Phi) is 7.03. The van der Waals surface area contributed by atoms with E-state index in [1.165, 1.54) is 24.0 Å². The van der Waals surface area contributed by atoms with Crippen molar-refractivity contribution < 1.29 is 4.79 Å². The topological polar surface area (TPSA) is 41.1 Å². The van der Waals surface area contributed by atoms with E-state index in [9.17, 15) is 4.79 Å². The molecule has 0 spiro atoms. The number of amides is 1. The number of hydrogen-bond acceptors (Lipinski definition) is 2. The van der Waals surface area contributed by atoms with Gasteiger partial charge in [0, 0.05) is 6.54 Å². The third-order valence-electron chi connectivity index (χ3n) is 3.84. The highest BCUT2D eigenvalue weighted by Gasteiger charge is 2.14. The lowest BCUT2D eigenvalue weighted by Gasteiger charge is -2.22. The van der Waals surface area contributed by atoms with Crippen LogP contribution in [0.3, 0.4) is 0 Å². The molecule has 0 saturated carbocycles. The normalized spacial score (nSPS) is 18.2. The van der Waals surface area contributed by atoms with Gasteiger partial charge in [0.05, 0.1) is 6.42 Å². The first-order valence-corrected chi connectivity index (χ1v) is 7.18. The van der Waals surface area contributed by atoms with Crippen molar-refractivity contribution in [1.82, 2.24) is 10.6 Å². The molecular weight excluding hydrogens is 272 g/mol. The summed E-state index contributed by atoms with van der Waals surface area (Å²) in [5.74, 6) is 0.732. The Morgan fingerprint density at radius 1 is 1.40 bits per heavy atom. The molecule has 1 aliphatic rings. The number of benzene rings is 1. The maximum atomic E-state index is 12.0. The molecule has 1 aliphatic heterocycles. The van der Waals surface area contributed by atoms with Gasteiger partial charge in [0.1, 0.15) is 0 Å². The molecule has 1 unspecified atom stereocenters. The third-order valence-corrected chi connectivity index (χ3v) is 3.84. The number of hydrogen-bond donors (Lipinski definition) is 2. The van der Waals surface area contributed by atoms with Crippen molar-refractivity contribution in [3.8, 4) is 0 Å². The van der Waals surface area contributed by atoms with Crippen LogP contribution in [0.2, 0.25) is 0 Å². The van der Waals surface area contributed by atoms with E-state index in [4.69, 9.17) is 0 Å². The Labute approximate surface area is 127 Å². The third kappa shape index (κ3) is 5.14. The lowest BCUT2D eigenvalue weighted by molar-refractivity contribution is -0.120. The molecule has 2 rings (SSSR count). The van der Waals surface area contributed by atoms with E-state index in [0.29, 0.717) is 12.3 Å². The van der Waals surface area contributed by atoms with Crippen molar-refractivity contribution >= 4 is 18.3 Å². The van der Waals surface area contributed by atoms with Gasteiger partial charge in [-0.05, 0) is 56.8 Å².